The zero-order chi connectivity index (χ0) is 18.8. The smallest absolute Gasteiger partial charge is 0.255 e. The molecule has 0 aliphatic carbocycles. The maximum absolute atomic E-state index is 13.8. The van der Waals surface area contributed by atoms with E-state index in [0.29, 0.717) is 5.69 Å². The molecule has 1 N–H and O–H groups in total. The highest BCUT2D eigenvalue weighted by Crippen LogP contribution is 2.23. The average Bonchev–Trinajstić information content (AvgIpc) is 3.12. The van der Waals surface area contributed by atoms with Gasteiger partial charge in [0.05, 0.1) is 12.8 Å². The lowest BCUT2D eigenvalue weighted by molar-refractivity contribution is 0.102. The molecule has 0 bridgehead atoms. The monoisotopic (exact) mass is 361 g/mol. The molecule has 4 aromatic rings. The first kappa shape index (κ1) is 16.8. The Morgan fingerprint density at radius 3 is 2.78 bits per heavy atom. The van der Waals surface area contributed by atoms with E-state index in [1.165, 1.54) is 19.2 Å². The van der Waals surface area contributed by atoms with Gasteiger partial charge in [-0.25, -0.2) is 9.37 Å². The van der Waals surface area contributed by atoms with Crippen molar-refractivity contribution in [2.24, 2.45) is 0 Å². The van der Waals surface area contributed by atoms with Gasteiger partial charge in [-0.2, -0.15) is 0 Å². The van der Waals surface area contributed by atoms with Crippen molar-refractivity contribution in [3.05, 3.63) is 84.4 Å². The Balaban J connectivity index is 1.59. The summed E-state index contributed by atoms with van der Waals surface area (Å²) in [5.74, 6) is -0.882. The van der Waals surface area contributed by atoms with Gasteiger partial charge in [-0.3, -0.25) is 4.79 Å². The van der Waals surface area contributed by atoms with Crippen LogP contribution in [0.25, 0.3) is 16.9 Å². The fourth-order valence-corrected chi connectivity index (χ4v) is 2.84. The summed E-state index contributed by atoms with van der Waals surface area (Å²) in [4.78, 5) is 17.0. The van der Waals surface area contributed by atoms with Crippen molar-refractivity contribution < 1.29 is 13.9 Å². The predicted molar refractivity (Wildman–Crippen MR) is 102 cm³/mol. The molecule has 134 valence electrons. The molecule has 6 heteroatoms. The maximum atomic E-state index is 13.8. The summed E-state index contributed by atoms with van der Waals surface area (Å²) in [5.41, 5.74) is 3.33. The minimum Gasteiger partial charge on any atom is -0.494 e. The van der Waals surface area contributed by atoms with Crippen LogP contribution in [0.2, 0.25) is 0 Å². The molecule has 2 aromatic carbocycles. The minimum absolute atomic E-state index is 0.0976. The van der Waals surface area contributed by atoms with E-state index >= 15 is 0 Å². The highest BCUT2D eigenvalue weighted by atomic mass is 19.1. The third-order valence-corrected chi connectivity index (χ3v) is 4.19. The van der Waals surface area contributed by atoms with Crippen LogP contribution in [0.1, 0.15) is 10.4 Å². The van der Waals surface area contributed by atoms with E-state index in [1.807, 2.05) is 53.2 Å². The molecule has 0 radical (unpaired) electrons. The number of pyridine rings is 1. The van der Waals surface area contributed by atoms with E-state index in [1.54, 1.807) is 6.07 Å². The Morgan fingerprint density at radius 1 is 1.11 bits per heavy atom. The number of carbonyl (C=O) groups excluding carboxylic acids is 1. The standard InChI is InChI=1S/C21H16FN3O2/c1-27-19-9-8-15(12-17(19)22)21(26)23-16-6-4-5-14(11-16)18-13-25-10-3-2-7-20(25)24-18/h2-13H,1H3,(H,23,26). The van der Waals surface area contributed by atoms with Crippen molar-refractivity contribution >= 4 is 17.2 Å². The van der Waals surface area contributed by atoms with Gasteiger partial charge in [-0.1, -0.05) is 18.2 Å². The third-order valence-electron chi connectivity index (χ3n) is 4.19. The number of imidazole rings is 1. The van der Waals surface area contributed by atoms with Gasteiger partial charge in [-0.15, -0.1) is 0 Å². The third kappa shape index (κ3) is 3.37. The molecular weight excluding hydrogens is 345 g/mol. The molecule has 0 fully saturated rings. The number of hydrogen-bond donors (Lipinski definition) is 1. The number of nitrogens with zero attached hydrogens (tertiary/aromatic N) is 2. The molecule has 0 atom stereocenters. The number of carbonyl (C=O) groups is 1. The van der Waals surface area contributed by atoms with Gasteiger partial charge in [0, 0.05) is 29.2 Å². The van der Waals surface area contributed by atoms with Gasteiger partial charge in [0.1, 0.15) is 5.65 Å². The van der Waals surface area contributed by atoms with Crippen molar-refractivity contribution in [2.75, 3.05) is 12.4 Å². The summed E-state index contributed by atoms with van der Waals surface area (Å²) < 4.78 is 20.6. The highest BCUT2D eigenvalue weighted by Gasteiger charge is 2.11. The molecule has 0 unspecified atom stereocenters. The fourth-order valence-electron chi connectivity index (χ4n) is 2.84. The molecule has 0 saturated carbocycles. The molecule has 1 amide bonds. The lowest BCUT2D eigenvalue weighted by Crippen LogP contribution is -2.12. The first-order chi connectivity index (χ1) is 13.1. The molecule has 27 heavy (non-hydrogen) atoms. The molecule has 0 aliphatic heterocycles. The molecule has 4 rings (SSSR count). The van der Waals surface area contributed by atoms with E-state index in [0.717, 1.165) is 23.0 Å². The molecule has 0 aliphatic rings. The summed E-state index contributed by atoms with van der Waals surface area (Å²) >= 11 is 0. The number of fused-ring (bicyclic) bond motifs is 1. The van der Waals surface area contributed by atoms with E-state index in [2.05, 4.69) is 10.3 Å². The number of amides is 1. The van der Waals surface area contributed by atoms with Crippen molar-refractivity contribution in [2.45, 2.75) is 0 Å². The number of methoxy groups -OCH3 is 1. The topological polar surface area (TPSA) is 55.6 Å². The van der Waals surface area contributed by atoms with Gasteiger partial charge in [0.2, 0.25) is 0 Å². The zero-order valence-electron chi connectivity index (χ0n) is 14.5. The maximum Gasteiger partial charge on any atom is 0.255 e. The summed E-state index contributed by atoms with van der Waals surface area (Å²) in [6, 6.07) is 17.2. The number of halogens is 1. The summed E-state index contributed by atoms with van der Waals surface area (Å²) in [5, 5.41) is 2.79. The second kappa shape index (κ2) is 6.92. The number of ether oxygens (including phenoxy) is 1. The van der Waals surface area contributed by atoms with Crippen LogP contribution in [0.3, 0.4) is 0 Å². The first-order valence-electron chi connectivity index (χ1n) is 8.33. The van der Waals surface area contributed by atoms with Crippen LogP contribution in [-0.4, -0.2) is 22.4 Å². The van der Waals surface area contributed by atoms with Crippen molar-refractivity contribution in [3.8, 4) is 17.0 Å². The van der Waals surface area contributed by atoms with E-state index in [-0.39, 0.29) is 11.3 Å². The van der Waals surface area contributed by atoms with Crippen LogP contribution in [0.5, 0.6) is 5.75 Å². The highest BCUT2D eigenvalue weighted by molar-refractivity contribution is 6.04. The first-order valence-corrected chi connectivity index (χ1v) is 8.33. The van der Waals surface area contributed by atoms with Crippen molar-refractivity contribution in [3.63, 3.8) is 0 Å². The molecule has 0 saturated heterocycles. The number of anilines is 1. The SMILES string of the molecule is COc1ccc(C(=O)Nc2cccc(-c3cn4ccccc4n3)c2)cc1F. The van der Waals surface area contributed by atoms with Crippen molar-refractivity contribution in [1.29, 1.82) is 0 Å². The Bertz CT molecular complexity index is 1100. The van der Waals surface area contributed by atoms with E-state index < -0.39 is 11.7 Å². The Labute approximate surface area is 155 Å². The quantitative estimate of drug-likeness (QED) is 0.586. The Kier molecular flexibility index (Phi) is 4.30. The van der Waals surface area contributed by atoms with Gasteiger partial charge in [0.15, 0.2) is 11.6 Å². The molecular formula is C21H16FN3O2. The predicted octanol–water partition coefficient (Wildman–Crippen LogP) is 4.40. The van der Waals surface area contributed by atoms with Crippen LogP contribution >= 0.6 is 0 Å². The Hall–Kier alpha value is -3.67. The van der Waals surface area contributed by atoms with Gasteiger partial charge in [-0.05, 0) is 42.5 Å². The van der Waals surface area contributed by atoms with Crippen LogP contribution in [0.15, 0.2) is 73.1 Å². The van der Waals surface area contributed by atoms with Gasteiger partial charge in [0.25, 0.3) is 5.91 Å². The number of aromatic nitrogens is 2. The second-order valence-corrected chi connectivity index (χ2v) is 5.98. The number of nitrogens with one attached hydrogen (secondary N) is 1. The number of hydrogen-bond acceptors (Lipinski definition) is 3. The van der Waals surface area contributed by atoms with Gasteiger partial charge >= 0.3 is 0 Å². The lowest BCUT2D eigenvalue weighted by Gasteiger charge is -2.08. The molecule has 2 aromatic heterocycles. The van der Waals surface area contributed by atoms with Crippen LogP contribution in [0, 0.1) is 5.82 Å². The van der Waals surface area contributed by atoms with Crippen LogP contribution in [0.4, 0.5) is 10.1 Å². The number of benzene rings is 2. The zero-order valence-corrected chi connectivity index (χ0v) is 14.5. The average molecular weight is 361 g/mol. The largest absolute Gasteiger partial charge is 0.494 e. The van der Waals surface area contributed by atoms with Crippen molar-refractivity contribution in [1.82, 2.24) is 9.38 Å². The normalized spacial score (nSPS) is 10.7. The molecule has 5 nitrogen and oxygen atoms in total. The lowest BCUT2D eigenvalue weighted by atomic mass is 10.1. The molecule has 2 heterocycles. The Morgan fingerprint density at radius 2 is 2.00 bits per heavy atom. The number of rotatable bonds is 4. The summed E-state index contributed by atoms with van der Waals surface area (Å²) in [6.07, 6.45) is 3.85. The molecule has 0 spiro atoms. The summed E-state index contributed by atoms with van der Waals surface area (Å²) in [6.45, 7) is 0. The van der Waals surface area contributed by atoms with E-state index in [9.17, 15) is 9.18 Å². The van der Waals surface area contributed by atoms with Gasteiger partial charge < -0.3 is 14.5 Å². The van der Waals surface area contributed by atoms with Crippen LogP contribution in [-0.2, 0) is 0 Å². The van der Waals surface area contributed by atoms with E-state index in [4.69, 9.17) is 4.74 Å². The second-order valence-electron chi connectivity index (χ2n) is 5.98. The fraction of sp³-hybridized carbons (Fsp3) is 0.0476. The minimum atomic E-state index is -0.580. The summed E-state index contributed by atoms with van der Waals surface area (Å²) in [7, 11) is 1.38. The van der Waals surface area contributed by atoms with Crippen LogP contribution < -0.4 is 10.1 Å².